The van der Waals surface area contributed by atoms with Crippen LogP contribution >= 0.6 is 35.0 Å². The van der Waals surface area contributed by atoms with Crippen LogP contribution in [0.25, 0.3) is 0 Å². The van der Waals surface area contributed by atoms with Crippen molar-refractivity contribution in [1.29, 1.82) is 0 Å². The largest absolute Gasteiger partial charge is 0.330 e. The van der Waals surface area contributed by atoms with Crippen LogP contribution in [0.5, 0.6) is 0 Å². The Morgan fingerprint density at radius 3 is 2.38 bits per heavy atom. The SMILES string of the molecule is CCN(CC(=O)Nc1c(Cl)cccc1Cl)C(=O)c1cc(SC)ccc1C. The second-order valence-corrected chi connectivity index (χ2v) is 7.34. The third kappa shape index (κ3) is 4.93. The molecule has 0 saturated heterocycles. The minimum atomic E-state index is -0.353. The van der Waals surface area contributed by atoms with Crippen molar-refractivity contribution in [2.75, 3.05) is 24.7 Å². The molecule has 1 N–H and O–H groups in total. The van der Waals surface area contributed by atoms with E-state index in [9.17, 15) is 9.59 Å². The van der Waals surface area contributed by atoms with Crippen molar-refractivity contribution in [3.05, 3.63) is 57.6 Å². The molecule has 7 heteroatoms. The number of thioether (sulfide) groups is 1. The topological polar surface area (TPSA) is 49.4 Å². The van der Waals surface area contributed by atoms with E-state index in [-0.39, 0.29) is 18.4 Å². The summed E-state index contributed by atoms with van der Waals surface area (Å²) in [6.45, 7) is 4.04. The van der Waals surface area contributed by atoms with E-state index in [0.717, 1.165) is 10.5 Å². The van der Waals surface area contributed by atoms with E-state index in [1.54, 1.807) is 30.0 Å². The summed E-state index contributed by atoms with van der Waals surface area (Å²) in [5.74, 6) is -0.532. The molecule has 138 valence electrons. The Balaban J connectivity index is 2.16. The molecule has 0 aliphatic rings. The van der Waals surface area contributed by atoms with E-state index in [1.807, 2.05) is 38.3 Å². The summed E-state index contributed by atoms with van der Waals surface area (Å²) in [5, 5.41) is 3.39. The lowest BCUT2D eigenvalue weighted by molar-refractivity contribution is -0.116. The second-order valence-electron chi connectivity index (χ2n) is 5.65. The van der Waals surface area contributed by atoms with E-state index < -0.39 is 0 Å². The summed E-state index contributed by atoms with van der Waals surface area (Å²) in [6.07, 6.45) is 1.96. The average molecular weight is 411 g/mol. The molecule has 0 atom stereocenters. The first-order valence-corrected chi connectivity index (χ1v) is 10.0. The summed E-state index contributed by atoms with van der Waals surface area (Å²) >= 11 is 13.7. The monoisotopic (exact) mass is 410 g/mol. The van der Waals surface area contributed by atoms with Crippen molar-refractivity contribution in [1.82, 2.24) is 4.90 Å². The number of aryl methyl sites for hydroxylation is 1. The predicted molar refractivity (Wildman–Crippen MR) is 110 cm³/mol. The van der Waals surface area contributed by atoms with Crippen molar-refractivity contribution in [3.63, 3.8) is 0 Å². The van der Waals surface area contributed by atoms with Crippen LogP contribution in [0.2, 0.25) is 10.0 Å². The zero-order valence-corrected chi connectivity index (χ0v) is 17.1. The van der Waals surface area contributed by atoms with Crippen molar-refractivity contribution in [2.45, 2.75) is 18.7 Å². The minimum Gasteiger partial charge on any atom is -0.330 e. The van der Waals surface area contributed by atoms with Gasteiger partial charge in [0.15, 0.2) is 0 Å². The molecule has 2 aromatic rings. The van der Waals surface area contributed by atoms with Crippen LogP contribution in [0.3, 0.4) is 0 Å². The van der Waals surface area contributed by atoms with Gasteiger partial charge in [-0.05, 0) is 49.9 Å². The molecule has 0 spiro atoms. The number of benzene rings is 2. The van der Waals surface area contributed by atoms with Gasteiger partial charge in [-0.25, -0.2) is 0 Å². The van der Waals surface area contributed by atoms with Gasteiger partial charge in [-0.1, -0.05) is 35.3 Å². The van der Waals surface area contributed by atoms with Gasteiger partial charge in [-0.3, -0.25) is 9.59 Å². The molecule has 2 amide bonds. The number of carbonyl (C=O) groups excluding carboxylic acids is 2. The Kier molecular flexibility index (Phi) is 7.38. The van der Waals surface area contributed by atoms with Gasteiger partial charge in [0.05, 0.1) is 15.7 Å². The van der Waals surface area contributed by atoms with Gasteiger partial charge in [0.1, 0.15) is 6.54 Å². The van der Waals surface area contributed by atoms with Crippen molar-refractivity contribution >= 4 is 52.5 Å². The highest BCUT2D eigenvalue weighted by Crippen LogP contribution is 2.29. The average Bonchev–Trinajstić information content (AvgIpc) is 2.62. The van der Waals surface area contributed by atoms with E-state index in [2.05, 4.69) is 5.32 Å². The van der Waals surface area contributed by atoms with Gasteiger partial charge in [-0.2, -0.15) is 0 Å². The number of carbonyl (C=O) groups is 2. The lowest BCUT2D eigenvalue weighted by Gasteiger charge is -2.22. The number of hydrogen-bond donors (Lipinski definition) is 1. The molecule has 0 heterocycles. The van der Waals surface area contributed by atoms with Gasteiger partial charge < -0.3 is 10.2 Å². The molecular formula is C19H20Cl2N2O2S. The number of likely N-dealkylation sites (N-methyl/N-ethyl adjacent to an activating group) is 1. The molecule has 0 radical (unpaired) electrons. The Labute approximate surface area is 167 Å². The second kappa shape index (κ2) is 9.31. The quantitative estimate of drug-likeness (QED) is 0.671. The fourth-order valence-electron chi connectivity index (χ4n) is 2.43. The number of halogens is 2. The van der Waals surface area contributed by atoms with Crippen LogP contribution < -0.4 is 5.32 Å². The van der Waals surface area contributed by atoms with Gasteiger partial charge in [0.25, 0.3) is 5.91 Å². The van der Waals surface area contributed by atoms with Crippen molar-refractivity contribution < 1.29 is 9.59 Å². The molecule has 0 aliphatic carbocycles. The highest BCUT2D eigenvalue weighted by atomic mass is 35.5. The fourth-order valence-corrected chi connectivity index (χ4v) is 3.36. The maximum absolute atomic E-state index is 12.9. The maximum Gasteiger partial charge on any atom is 0.254 e. The summed E-state index contributed by atoms with van der Waals surface area (Å²) < 4.78 is 0. The van der Waals surface area contributed by atoms with E-state index in [0.29, 0.717) is 27.8 Å². The summed E-state index contributed by atoms with van der Waals surface area (Å²) in [4.78, 5) is 27.8. The molecule has 0 saturated carbocycles. The van der Waals surface area contributed by atoms with Crippen LogP contribution in [0.4, 0.5) is 5.69 Å². The first-order chi connectivity index (χ1) is 12.4. The number of hydrogen-bond acceptors (Lipinski definition) is 3. The predicted octanol–water partition coefficient (Wildman–Crippen LogP) is 5.12. The zero-order chi connectivity index (χ0) is 19.3. The molecule has 0 unspecified atom stereocenters. The molecule has 0 fully saturated rings. The number of anilines is 1. The number of amides is 2. The number of nitrogens with one attached hydrogen (secondary N) is 1. The Bertz CT molecular complexity index is 807. The smallest absolute Gasteiger partial charge is 0.254 e. The molecule has 2 rings (SSSR count). The van der Waals surface area contributed by atoms with Gasteiger partial charge in [-0.15, -0.1) is 11.8 Å². The molecule has 4 nitrogen and oxygen atoms in total. The van der Waals surface area contributed by atoms with E-state index >= 15 is 0 Å². The van der Waals surface area contributed by atoms with Gasteiger partial charge in [0, 0.05) is 17.0 Å². The zero-order valence-electron chi connectivity index (χ0n) is 14.8. The molecule has 0 aromatic heterocycles. The number of rotatable bonds is 6. The third-order valence-corrected chi connectivity index (χ3v) is 5.26. The molecule has 0 aliphatic heterocycles. The van der Waals surface area contributed by atoms with Crippen LogP contribution in [0, 0.1) is 6.92 Å². The van der Waals surface area contributed by atoms with Crippen LogP contribution in [0.15, 0.2) is 41.3 Å². The molecular weight excluding hydrogens is 391 g/mol. The van der Waals surface area contributed by atoms with Crippen molar-refractivity contribution in [2.24, 2.45) is 0 Å². The van der Waals surface area contributed by atoms with E-state index in [4.69, 9.17) is 23.2 Å². The van der Waals surface area contributed by atoms with Crippen molar-refractivity contribution in [3.8, 4) is 0 Å². The highest BCUT2D eigenvalue weighted by Gasteiger charge is 2.20. The minimum absolute atomic E-state index is 0.0835. The normalized spacial score (nSPS) is 10.5. The van der Waals surface area contributed by atoms with Gasteiger partial charge in [0.2, 0.25) is 5.91 Å². The lowest BCUT2D eigenvalue weighted by atomic mass is 10.1. The maximum atomic E-state index is 12.9. The summed E-state index contributed by atoms with van der Waals surface area (Å²) in [6, 6.07) is 10.7. The highest BCUT2D eigenvalue weighted by molar-refractivity contribution is 7.98. The third-order valence-electron chi connectivity index (χ3n) is 3.91. The number of nitrogens with zero attached hydrogens (tertiary/aromatic N) is 1. The first-order valence-electron chi connectivity index (χ1n) is 8.05. The van der Waals surface area contributed by atoms with Gasteiger partial charge >= 0.3 is 0 Å². The van der Waals surface area contributed by atoms with E-state index in [1.165, 1.54) is 4.90 Å². The molecule has 2 aromatic carbocycles. The summed E-state index contributed by atoms with van der Waals surface area (Å²) in [7, 11) is 0. The first kappa shape index (κ1) is 20.6. The van der Waals surface area contributed by atoms with Crippen LogP contribution in [-0.4, -0.2) is 36.1 Å². The van der Waals surface area contributed by atoms with Crippen LogP contribution in [0.1, 0.15) is 22.8 Å². The molecule has 26 heavy (non-hydrogen) atoms. The standard InChI is InChI=1S/C19H20Cl2N2O2S/c1-4-23(19(25)14-10-13(26-3)9-8-12(14)2)11-17(24)22-18-15(20)6-5-7-16(18)21/h5-10H,4,11H2,1-3H3,(H,22,24). The summed E-state index contributed by atoms with van der Waals surface area (Å²) in [5.41, 5.74) is 1.83. The molecule has 0 bridgehead atoms. The Hall–Kier alpha value is -1.69. The Morgan fingerprint density at radius 2 is 1.81 bits per heavy atom. The van der Waals surface area contributed by atoms with Crippen LogP contribution in [-0.2, 0) is 4.79 Å². The lowest BCUT2D eigenvalue weighted by Crippen LogP contribution is -2.38. The Morgan fingerprint density at radius 1 is 1.15 bits per heavy atom. The number of para-hydroxylation sites is 1. The fraction of sp³-hybridized carbons (Fsp3) is 0.263.